The van der Waals surface area contributed by atoms with Crippen molar-refractivity contribution >= 4 is 5.91 Å². The second-order valence-electron chi connectivity index (χ2n) is 7.66. The summed E-state index contributed by atoms with van der Waals surface area (Å²) in [6.45, 7) is 6.12. The van der Waals surface area contributed by atoms with Crippen LogP contribution >= 0.6 is 0 Å². The minimum atomic E-state index is 0.0968. The minimum Gasteiger partial charge on any atom is -0.334 e. The van der Waals surface area contributed by atoms with Crippen LogP contribution in [0.15, 0.2) is 6.20 Å². The molecule has 1 saturated carbocycles. The van der Waals surface area contributed by atoms with Crippen molar-refractivity contribution in [3.63, 3.8) is 0 Å². The van der Waals surface area contributed by atoms with E-state index in [-0.39, 0.29) is 5.91 Å². The summed E-state index contributed by atoms with van der Waals surface area (Å²) in [5.41, 5.74) is 0.528. The lowest BCUT2D eigenvalue weighted by Gasteiger charge is -2.37. The van der Waals surface area contributed by atoms with E-state index in [4.69, 9.17) is 0 Å². The van der Waals surface area contributed by atoms with Gasteiger partial charge in [-0.1, -0.05) is 38.3 Å². The van der Waals surface area contributed by atoms with E-state index < -0.39 is 0 Å². The molecule has 2 fully saturated rings. The fourth-order valence-corrected chi connectivity index (χ4v) is 4.09. The molecule has 5 heteroatoms. The van der Waals surface area contributed by atoms with Crippen LogP contribution in [0.25, 0.3) is 0 Å². The molecule has 0 N–H and O–H groups in total. The molecule has 3 rings (SSSR count). The van der Waals surface area contributed by atoms with Gasteiger partial charge in [0.2, 0.25) is 0 Å². The van der Waals surface area contributed by atoms with Crippen molar-refractivity contribution in [2.24, 2.45) is 11.8 Å². The third-order valence-corrected chi connectivity index (χ3v) is 5.45. The maximum absolute atomic E-state index is 13.0. The molecule has 23 heavy (non-hydrogen) atoms. The molecule has 1 aromatic rings. The van der Waals surface area contributed by atoms with E-state index in [0.29, 0.717) is 23.6 Å². The van der Waals surface area contributed by atoms with Gasteiger partial charge in [0.05, 0.1) is 6.20 Å². The van der Waals surface area contributed by atoms with Crippen LogP contribution in [0, 0.1) is 11.8 Å². The monoisotopic (exact) mass is 318 g/mol. The third kappa shape index (κ3) is 3.93. The lowest BCUT2D eigenvalue weighted by Crippen LogP contribution is -2.45. The number of nitrogens with zero attached hydrogens (tertiary/aromatic N) is 4. The molecule has 0 aromatic carbocycles. The van der Waals surface area contributed by atoms with Gasteiger partial charge in [-0.2, -0.15) is 0 Å². The van der Waals surface area contributed by atoms with Crippen molar-refractivity contribution in [2.45, 2.75) is 77.8 Å². The normalized spacial score (nSPS) is 25.3. The SMILES string of the molecule is CC(C)CCn1cc(C(=O)N2CCCC[C@@H]3CCCC[C@H]32)nn1. The third-order valence-electron chi connectivity index (χ3n) is 5.45. The maximum atomic E-state index is 13.0. The molecule has 0 bridgehead atoms. The van der Waals surface area contributed by atoms with Gasteiger partial charge < -0.3 is 4.90 Å². The van der Waals surface area contributed by atoms with Gasteiger partial charge in [0.25, 0.3) is 5.91 Å². The number of carbonyl (C=O) groups is 1. The van der Waals surface area contributed by atoms with Crippen molar-refractivity contribution in [3.05, 3.63) is 11.9 Å². The number of hydrogen-bond donors (Lipinski definition) is 0. The molecular formula is C18H30N4O. The molecule has 1 aliphatic carbocycles. The summed E-state index contributed by atoms with van der Waals surface area (Å²) in [4.78, 5) is 15.1. The number of hydrogen-bond acceptors (Lipinski definition) is 3. The maximum Gasteiger partial charge on any atom is 0.276 e. The van der Waals surface area contributed by atoms with E-state index >= 15 is 0 Å². The summed E-state index contributed by atoms with van der Waals surface area (Å²) < 4.78 is 1.82. The molecule has 0 radical (unpaired) electrons. The van der Waals surface area contributed by atoms with Crippen molar-refractivity contribution in [3.8, 4) is 0 Å². The second kappa shape index (κ2) is 7.45. The van der Waals surface area contributed by atoms with E-state index in [2.05, 4.69) is 29.1 Å². The fourth-order valence-electron chi connectivity index (χ4n) is 4.09. The summed E-state index contributed by atoms with van der Waals surface area (Å²) in [5, 5.41) is 8.31. The van der Waals surface area contributed by atoms with E-state index in [9.17, 15) is 4.79 Å². The van der Waals surface area contributed by atoms with Crippen LogP contribution in [-0.4, -0.2) is 38.4 Å². The Labute approximate surface area is 139 Å². The predicted octanol–water partition coefficient (Wildman–Crippen LogP) is 3.51. The molecule has 1 aliphatic heterocycles. The summed E-state index contributed by atoms with van der Waals surface area (Å²) >= 11 is 0. The summed E-state index contributed by atoms with van der Waals surface area (Å²) in [6, 6.07) is 0.430. The lowest BCUT2D eigenvalue weighted by atomic mass is 9.81. The Morgan fingerprint density at radius 3 is 2.74 bits per heavy atom. The molecule has 2 heterocycles. The Kier molecular flexibility index (Phi) is 5.34. The Balaban J connectivity index is 1.70. The van der Waals surface area contributed by atoms with Crippen LogP contribution in [0.3, 0.4) is 0 Å². The highest BCUT2D eigenvalue weighted by atomic mass is 16.2. The van der Waals surface area contributed by atoms with E-state index in [0.717, 1.165) is 32.4 Å². The van der Waals surface area contributed by atoms with E-state index in [1.807, 2.05) is 10.9 Å². The highest BCUT2D eigenvalue weighted by Crippen LogP contribution is 2.35. The number of fused-ring (bicyclic) bond motifs is 1. The van der Waals surface area contributed by atoms with Crippen LogP contribution in [0.1, 0.15) is 75.7 Å². The summed E-state index contributed by atoms with van der Waals surface area (Å²) in [6.07, 6.45) is 11.6. The van der Waals surface area contributed by atoms with Gasteiger partial charge in [-0.3, -0.25) is 9.48 Å². The van der Waals surface area contributed by atoms with E-state index in [1.54, 1.807) is 0 Å². The van der Waals surface area contributed by atoms with Gasteiger partial charge >= 0.3 is 0 Å². The minimum absolute atomic E-state index is 0.0968. The summed E-state index contributed by atoms with van der Waals surface area (Å²) in [5.74, 6) is 1.43. The zero-order valence-electron chi connectivity index (χ0n) is 14.6. The number of aromatic nitrogens is 3. The van der Waals surface area contributed by atoms with Crippen LogP contribution in [0.5, 0.6) is 0 Å². The van der Waals surface area contributed by atoms with Crippen molar-refractivity contribution < 1.29 is 4.79 Å². The molecule has 5 nitrogen and oxygen atoms in total. The largest absolute Gasteiger partial charge is 0.334 e. The molecule has 1 amide bonds. The predicted molar refractivity (Wildman–Crippen MR) is 90.1 cm³/mol. The standard InChI is InChI=1S/C18H30N4O/c1-14(2)10-12-21-13-16(19-20-21)18(23)22-11-6-5-8-15-7-3-4-9-17(15)22/h13-15,17H,3-12H2,1-2H3/t15-,17+/m0/s1. The lowest BCUT2D eigenvalue weighted by molar-refractivity contribution is 0.0563. The molecule has 1 saturated heterocycles. The van der Waals surface area contributed by atoms with Crippen LogP contribution in [-0.2, 0) is 6.54 Å². The first-order chi connectivity index (χ1) is 11.1. The molecule has 0 spiro atoms. The molecule has 1 aromatic heterocycles. The van der Waals surface area contributed by atoms with Crippen molar-refractivity contribution in [1.82, 2.24) is 19.9 Å². The van der Waals surface area contributed by atoms with Gasteiger partial charge in [0.1, 0.15) is 0 Å². The average molecular weight is 318 g/mol. The van der Waals surface area contributed by atoms with Crippen molar-refractivity contribution in [2.75, 3.05) is 6.54 Å². The highest BCUT2D eigenvalue weighted by Gasteiger charge is 2.35. The van der Waals surface area contributed by atoms with Gasteiger partial charge in [-0.25, -0.2) is 0 Å². The Morgan fingerprint density at radius 2 is 1.96 bits per heavy atom. The Morgan fingerprint density at radius 1 is 1.22 bits per heavy atom. The van der Waals surface area contributed by atoms with Gasteiger partial charge in [-0.15, -0.1) is 5.10 Å². The first-order valence-corrected chi connectivity index (χ1v) is 9.36. The van der Waals surface area contributed by atoms with Crippen LogP contribution in [0.4, 0.5) is 0 Å². The molecule has 2 atom stereocenters. The molecule has 2 aliphatic rings. The number of likely N-dealkylation sites (tertiary alicyclic amines) is 1. The van der Waals surface area contributed by atoms with Gasteiger partial charge in [-0.05, 0) is 43.9 Å². The topological polar surface area (TPSA) is 51.0 Å². The van der Waals surface area contributed by atoms with Crippen molar-refractivity contribution in [1.29, 1.82) is 0 Å². The Bertz CT molecular complexity index is 525. The number of aryl methyl sites for hydroxylation is 1. The highest BCUT2D eigenvalue weighted by molar-refractivity contribution is 5.92. The second-order valence-corrected chi connectivity index (χ2v) is 7.66. The molecule has 128 valence electrons. The molecule has 0 unspecified atom stereocenters. The van der Waals surface area contributed by atoms with Crippen LogP contribution in [0.2, 0.25) is 0 Å². The zero-order chi connectivity index (χ0) is 16.2. The number of carbonyl (C=O) groups excluding carboxylic acids is 1. The fraction of sp³-hybridized carbons (Fsp3) is 0.833. The summed E-state index contributed by atoms with van der Waals surface area (Å²) in [7, 11) is 0. The Hall–Kier alpha value is -1.39. The smallest absolute Gasteiger partial charge is 0.276 e. The van der Waals surface area contributed by atoms with Crippen LogP contribution < -0.4 is 0 Å². The number of rotatable bonds is 4. The first kappa shape index (κ1) is 16.5. The van der Waals surface area contributed by atoms with Gasteiger partial charge in [0, 0.05) is 19.1 Å². The first-order valence-electron chi connectivity index (χ1n) is 9.36. The quantitative estimate of drug-likeness (QED) is 0.853. The molecular weight excluding hydrogens is 288 g/mol. The average Bonchev–Trinajstić information content (AvgIpc) is 2.92. The van der Waals surface area contributed by atoms with Gasteiger partial charge in [0.15, 0.2) is 5.69 Å². The van der Waals surface area contributed by atoms with E-state index in [1.165, 1.54) is 32.1 Å². The number of amides is 1. The zero-order valence-corrected chi connectivity index (χ0v) is 14.6.